The van der Waals surface area contributed by atoms with Crippen LogP contribution < -0.4 is 5.32 Å². The summed E-state index contributed by atoms with van der Waals surface area (Å²) in [6.07, 6.45) is 0. The Kier molecular flexibility index (Phi) is 3.85. The fourth-order valence-electron chi connectivity index (χ4n) is 1.57. The van der Waals surface area contributed by atoms with Crippen molar-refractivity contribution in [2.24, 2.45) is 0 Å². The molecule has 0 saturated heterocycles. The van der Waals surface area contributed by atoms with Crippen LogP contribution in [0.15, 0.2) is 42.5 Å². The molecule has 0 bridgehead atoms. The van der Waals surface area contributed by atoms with Gasteiger partial charge in [0.15, 0.2) is 11.6 Å². The highest BCUT2D eigenvalue weighted by Gasteiger charge is 2.09. The van der Waals surface area contributed by atoms with Gasteiger partial charge in [0.05, 0.1) is 0 Å². The molecule has 0 aromatic heterocycles. The zero-order valence-corrected chi connectivity index (χ0v) is 9.79. The average Bonchev–Trinajstić information content (AvgIpc) is 2.39. The third kappa shape index (κ3) is 3.34. The van der Waals surface area contributed by atoms with Gasteiger partial charge in [-0.25, -0.2) is 13.2 Å². The van der Waals surface area contributed by atoms with Crippen molar-refractivity contribution < 1.29 is 18.0 Å². The molecule has 19 heavy (non-hydrogen) atoms. The Morgan fingerprint density at radius 2 is 1.79 bits per heavy atom. The number of hydrogen-bond donors (Lipinski definition) is 1. The van der Waals surface area contributed by atoms with Gasteiger partial charge < -0.3 is 5.32 Å². The summed E-state index contributed by atoms with van der Waals surface area (Å²) in [6.45, 7) is 0.107. The first-order chi connectivity index (χ1) is 9.06. The number of carbonyl (C=O) groups is 1. The Morgan fingerprint density at radius 3 is 2.47 bits per heavy atom. The van der Waals surface area contributed by atoms with E-state index in [1.165, 1.54) is 24.3 Å². The average molecular weight is 265 g/mol. The molecule has 2 aromatic carbocycles. The number of carbonyl (C=O) groups excluding carboxylic acids is 1. The molecule has 2 nitrogen and oxygen atoms in total. The maximum absolute atomic E-state index is 13.0. The fraction of sp³-hybridized carbons (Fsp3) is 0.0714. The Hall–Kier alpha value is -2.30. The van der Waals surface area contributed by atoms with Gasteiger partial charge >= 0.3 is 0 Å². The Balaban J connectivity index is 2.03. The molecule has 98 valence electrons. The minimum atomic E-state index is -1.08. The lowest BCUT2D eigenvalue weighted by molar-refractivity contribution is 0.0950. The van der Waals surface area contributed by atoms with E-state index >= 15 is 0 Å². The smallest absolute Gasteiger partial charge is 0.251 e. The van der Waals surface area contributed by atoms with E-state index in [1.54, 1.807) is 6.07 Å². The van der Waals surface area contributed by atoms with Crippen molar-refractivity contribution in [2.45, 2.75) is 6.54 Å². The molecule has 0 aliphatic carbocycles. The van der Waals surface area contributed by atoms with Crippen LogP contribution >= 0.6 is 0 Å². The molecule has 1 N–H and O–H groups in total. The minimum absolute atomic E-state index is 0.00954. The molecule has 0 heterocycles. The first-order valence-electron chi connectivity index (χ1n) is 5.54. The van der Waals surface area contributed by atoms with Crippen molar-refractivity contribution in [2.75, 3.05) is 0 Å². The molecule has 2 aromatic rings. The molecule has 0 radical (unpaired) electrons. The van der Waals surface area contributed by atoms with Gasteiger partial charge in [-0.1, -0.05) is 12.1 Å². The second-order valence-electron chi connectivity index (χ2n) is 3.94. The molecule has 0 atom stereocenters. The highest BCUT2D eigenvalue weighted by Crippen LogP contribution is 2.09. The monoisotopic (exact) mass is 265 g/mol. The molecule has 1 amide bonds. The zero-order chi connectivity index (χ0) is 13.8. The van der Waals surface area contributed by atoms with Gasteiger partial charge in [-0.05, 0) is 35.9 Å². The molecule has 0 fully saturated rings. The lowest BCUT2D eigenvalue weighted by Gasteiger charge is -2.06. The van der Waals surface area contributed by atoms with Crippen molar-refractivity contribution >= 4 is 5.91 Å². The standard InChI is InChI=1S/C14H10F3NO/c15-11-3-1-2-9(6-11)8-18-14(19)10-4-5-12(16)13(17)7-10/h1-7H,8H2,(H,18,19). The summed E-state index contributed by atoms with van der Waals surface area (Å²) in [4.78, 5) is 11.7. The van der Waals surface area contributed by atoms with Crippen LogP contribution in [0.25, 0.3) is 0 Å². The maximum atomic E-state index is 13.0. The van der Waals surface area contributed by atoms with E-state index in [2.05, 4.69) is 5.32 Å². The van der Waals surface area contributed by atoms with Crippen LogP contribution in [-0.2, 0) is 6.54 Å². The molecule has 0 saturated carbocycles. The van der Waals surface area contributed by atoms with E-state index in [4.69, 9.17) is 0 Å². The lowest BCUT2D eigenvalue weighted by Crippen LogP contribution is -2.23. The third-order valence-electron chi connectivity index (χ3n) is 2.52. The van der Waals surface area contributed by atoms with Crippen molar-refractivity contribution in [3.05, 3.63) is 71.0 Å². The van der Waals surface area contributed by atoms with Gasteiger partial charge in [-0.2, -0.15) is 0 Å². The minimum Gasteiger partial charge on any atom is -0.348 e. The van der Waals surface area contributed by atoms with E-state index in [-0.39, 0.29) is 12.1 Å². The molecule has 0 aliphatic heterocycles. The molecular weight excluding hydrogens is 255 g/mol. The van der Waals surface area contributed by atoms with Gasteiger partial charge in [0.25, 0.3) is 5.91 Å². The summed E-state index contributed by atoms with van der Waals surface area (Å²) in [6, 6.07) is 8.62. The first-order valence-corrected chi connectivity index (χ1v) is 5.54. The first kappa shape index (κ1) is 13.1. The Bertz CT molecular complexity index is 613. The second-order valence-corrected chi connectivity index (χ2v) is 3.94. The number of rotatable bonds is 3. The van der Waals surface area contributed by atoms with E-state index < -0.39 is 23.4 Å². The summed E-state index contributed by atoms with van der Waals surface area (Å²) in [5, 5.41) is 2.49. The highest BCUT2D eigenvalue weighted by molar-refractivity contribution is 5.94. The number of halogens is 3. The molecule has 0 spiro atoms. The number of amides is 1. The van der Waals surface area contributed by atoms with Crippen LogP contribution in [0.3, 0.4) is 0 Å². The molecule has 2 rings (SSSR count). The summed E-state index contributed by atoms with van der Waals surface area (Å²) in [5.74, 6) is -3.05. The number of nitrogens with one attached hydrogen (secondary N) is 1. The second kappa shape index (κ2) is 5.56. The maximum Gasteiger partial charge on any atom is 0.251 e. The quantitative estimate of drug-likeness (QED) is 0.908. The molecule has 5 heteroatoms. The molecular formula is C14H10F3NO. The number of benzene rings is 2. The van der Waals surface area contributed by atoms with Crippen molar-refractivity contribution in [1.29, 1.82) is 0 Å². The normalized spacial score (nSPS) is 10.3. The summed E-state index contributed by atoms with van der Waals surface area (Å²) in [5.41, 5.74) is 0.589. The topological polar surface area (TPSA) is 29.1 Å². The SMILES string of the molecule is O=C(NCc1cccc(F)c1)c1ccc(F)c(F)c1. The Labute approximate surface area is 107 Å². The van der Waals surface area contributed by atoms with Crippen LogP contribution in [0.5, 0.6) is 0 Å². The predicted octanol–water partition coefficient (Wildman–Crippen LogP) is 3.03. The van der Waals surface area contributed by atoms with Crippen LogP contribution in [0.4, 0.5) is 13.2 Å². The van der Waals surface area contributed by atoms with Gasteiger partial charge in [0, 0.05) is 12.1 Å². The van der Waals surface area contributed by atoms with Crippen molar-refractivity contribution in [1.82, 2.24) is 5.32 Å². The molecule has 0 aliphatic rings. The third-order valence-corrected chi connectivity index (χ3v) is 2.52. The van der Waals surface area contributed by atoms with E-state index in [0.29, 0.717) is 5.56 Å². The Morgan fingerprint density at radius 1 is 1.00 bits per heavy atom. The van der Waals surface area contributed by atoms with Crippen LogP contribution in [-0.4, -0.2) is 5.91 Å². The molecule has 0 unspecified atom stereocenters. The summed E-state index contributed by atoms with van der Waals surface area (Å²) >= 11 is 0. The van der Waals surface area contributed by atoms with Crippen molar-refractivity contribution in [3.63, 3.8) is 0 Å². The van der Waals surface area contributed by atoms with Crippen molar-refractivity contribution in [3.8, 4) is 0 Å². The van der Waals surface area contributed by atoms with Gasteiger partial charge in [-0.3, -0.25) is 4.79 Å². The summed E-state index contributed by atoms with van der Waals surface area (Å²) in [7, 11) is 0. The predicted molar refractivity (Wildman–Crippen MR) is 63.9 cm³/mol. The fourth-order valence-corrected chi connectivity index (χ4v) is 1.57. The van der Waals surface area contributed by atoms with E-state index in [0.717, 1.165) is 12.1 Å². The largest absolute Gasteiger partial charge is 0.348 e. The highest BCUT2D eigenvalue weighted by atomic mass is 19.2. The van der Waals surface area contributed by atoms with E-state index in [9.17, 15) is 18.0 Å². The zero-order valence-electron chi connectivity index (χ0n) is 9.79. The number of hydrogen-bond acceptors (Lipinski definition) is 1. The van der Waals surface area contributed by atoms with Crippen LogP contribution in [0, 0.1) is 17.5 Å². The summed E-state index contributed by atoms with van der Waals surface area (Å²) < 4.78 is 38.6. The van der Waals surface area contributed by atoms with E-state index in [1.807, 2.05) is 0 Å². The van der Waals surface area contributed by atoms with Gasteiger partial charge in [0.2, 0.25) is 0 Å². The lowest BCUT2D eigenvalue weighted by atomic mass is 10.2. The van der Waals surface area contributed by atoms with Crippen LogP contribution in [0.2, 0.25) is 0 Å². The van der Waals surface area contributed by atoms with Crippen LogP contribution in [0.1, 0.15) is 15.9 Å². The van der Waals surface area contributed by atoms with Gasteiger partial charge in [0.1, 0.15) is 5.82 Å². The van der Waals surface area contributed by atoms with Gasteiger partial charge in [-0.15, -0.1) is 0 Å².